The normalized spacial score (nSPS) is 12.6. The van der Waals surface area contributed by atoms with Gasteiger partial charge in [-0.2, -0.15) is 0 Å². The lowest BCUT2D eigenvalue weighted by Crippen LogP contribution is -2.36. The van der Waals surface area contributed by atoms with Gasteiger partial charge in [0.1, 0.15) is 6.61 Å². The number of ether oxygens (including phenoxy) is 1. The number of hydrogen-bond donors (Lipinski definition) is 2. The number of amides is 2. The Morgan fingerprint density at radius 3 is 2.37 bits per heavy atom. The van der Waals surface area contributed by atoms with E-state index >= 15 is 0 Å². The first kappa shape index (κ1) is 21.5. The summed E-state index contributed by atoms with van der Waals surface area (Å²) in [7, 11) is 0. The SMILES string of the molecule is CC(=O)NC(CC(=O)NC(COc1ccccc1F)c1ccccc1)c1cccs1. The van der Waals surface area contributed by atoms with Crippen molar-refractivity contribution in [1.29, 1.82) is 0 Å². The van der Waals surface area contributed by atoms with Crippen LogP contribution in [0.5, 0.6) is 5.75 Å². The van der Waals surface area contributed by atoms with Crippen LogP contribution in [0, 0.1) is 5.82 Å². The average Bonchev–Trinajstić information content (AvgIpc) is 3.27. The van der Waals surface area contributed by atoms with Gasteiger partial charge in [-0.1, -0.05) is 48.5 Å². The Bertz CT molecular complexity index is 964. The third kappa shape index (κ3) is 6.15. The molecule has 0 saturated heterocycles. The molecule has 3 aromatic rings. The topological polar surface area (TPSA) is 67.4 Å². The third-order valence-electron chi connectivity index (χ3n) is 4.43. The van der Waals surface area contributed by atoms with Crippen LogP contribution in [0.3, 0.4) is 0 Å². The summed E-state index contributed by atoms with van der Waals surface area (Å²) >= 11 is 1.48. The molecule has 2 atom stereocenters. The lowest BCUT2D eigenvalue weighted by molar-refractivity contribution is -0.123. The quantitative estimate of drug-likeness (QED) is 0.533. The summed E-state index contributed by atoms with van der Waals surface area (Å²) in [6.45, 7) is 1.49. The van der Waals surface area contributed by atoms with Crippen LogP contribution in [0.25, 0.3) is 0 Å². The summed E-state index contributed by atoms with van der Waals surface area (Å²) in [6, 6.07) is 18.4. The summed E-state index contributed by atoms with van der Waals surface area (Å²) in [4.78, 5) is 25.3. The van der Waals surface area contributed by atoms with Crippen molar-refractivity contribution in [3.05, 3.63) is 88.4 Å². The maximum absolute atomic E-state index is 13.9. The number of nitrogens with one attached hydrogen (secondary N) is 2. The van der Waals surface area contributed by atoms with E-state index in [1.54, 1.807) is 18.2 Å². The maximum atomic E-state index is 13.9. The van der Waals surface area contributed by atoms with Gasteiger partial charge in [-0.3, -0.25) is 9.59 Å². The summed E-state index contributed by atoms with van der Waals surface area (Å²) in [6.07, 6.45) is 0.0864. The summed E-state index contributed by atoms with van der Waals surface area (Å²) < 4.78 is 19.5. The summed E-state index contributed by atoms with van der Waals surface area (Å²) in [5.41, 5.74) is 0.842. The predicted octanol–water partition coefficient (Wildman–Crippen LogP) is 4.39. The zero-order valence-corrected chi connectivity index (χ0v) is 17.3. The molecule has 0 radical (unpaired) electrons. The van der Waals surface area contributed by atoms with Crippen LogP contribution in [0.15, 0.2) is 72.1 Å². The second kappa shape index (κ2) is 10.5. The van der Waals surface area contributed by atoms with Gasteiger partial charge < -0.3 is 15.4 Å². The monoisotopic (exact) mass is 426 g/mol. The zero-order chi connectivity index (χ0) is 21.3. The van der Waals surface area contributed by atoms with Crippen molar-refractivity contribution in [2.75, 3.05) is 6.61 Å². The van der Waals surface area contributed by atoms with Gasteiger partial charge in [0, 0.05) is 11.8 Å². The van der Waals surface area contributed by atoms with Crippen molar-refractivity contribution in [2.24, 2.45) is 0 Å². The Kier molecular flexibility index (Phi) is 7.57. The molecule has 0 bridgehead atoms. The molecule has 2 unspecified atom stereocenters. The molecule has 156 valence electrons. The molecule has 3 rings (SSSR count). The highest BCUT2D eigenvalue weighted by atomic mass is 32.1. The van der Waals surface area contributed by atoms with Gasteiger partial charge in [-0.15, -0.1) is 11.3 Å². The Balaban J connectivity index is 1.71. The number of para-hydroxylation sites is 1. The average molecular weight is 427 g/mol. The lowest BCUT2D eigenvalue weighted by atomic mass is 10.1. The highest BCUT2D eigenvalue weighted by Gasteiger charge is 2.21. The molecular weight excluding hydrogens is 403 g/mol. The fourth-order valence-corrected chi connectivity index (χ4v) is 3.82. The van der Waals surface area contributed by atoms with E-state index in [9.17, 15) is 14.0 Å². The third-order valence-corrected chi connectivity index (χ3v) is 5.42. The van der Waals surface area contributed by atoms with Gasteiger partial charge in [0.15, 0.2) is 11.6 Å². The number of halogens is 1. The van der Waals surface area contributed by atoms with E-state index in [1.165, 1.54) is 24.3 Å². The van der Waals surface area contributed by atoms with Gasteiger partial charge in [0.25, 0.3) is 0 Å². The van der Waals surface area contributed by atoms with Crippen LogP contribution in [-0.2, 0) is 9.59 Å². The molecule has 1 heterocycles. The van der Waals surface area contributed by atoms with E-state index in [2.05, 4.69) is 10.6 Å². The van der Waals surface area contributed by atoms with Crippen LogP contribution in [0.1, 0.15) is 35.9 Å². The van der Waals surface area contributed by atoms with Crippen LogP contribution in [0.4, 0.5) is 4.39 Å². The van der Waals surface area contributed by atoms with Crippen molar-refractivity contribution in [2.45, 2.75) is 25.4 Å². The zero-order valence-electron chi connectivity index (χ0n) is 16.5. The van der Waals surface area contributed by atoms with E-state index < -0.39 is 17.9 Å². The predicted molar refractivity (Wildman–Crippen MR) is 115 cm³/mol. The molecule has 0 fully saturated rings. The van der Waals surface area contributed by atoms with Gasteiger partial charge in [0.05, 0.1) is 18.5 Å². The highest BCUT2D eigenvalue weighted by molar-refractivity contribution is 7.10. The summed E-state index contributed by atoms with van der Waals surface area (Å²) in [5.74, 6) is -0.779. The minimum absolute atomic E-state index is 0.0699. The van der Waals surface area contributed by atoms with E-state index in [0.717, 1.165) is 10.4 Å². The molecule has 7 heteroatoms. The molecule has 0 spiro atoms. The van der Waals surface area contributed by atoms with E-state index in [0.29, 0.717) is 0 Å². The second-order valence-corrected chi connectivity index (χ2v) is 7.72. The largest absolute Gasteiger partial charge is 0.488 e. The molecule has 0 aliphatic heterocycles. The van der Waals surface area contributed by atoms with Gasteiger partial charge in [0.2, 0.25) is 11.8 Å². The smallest absolute Gasteiger partial charge is 0.223 e. The van der Waals surface area contributed by atoms with E-state index in [-0.39, 0.29) is 30.6 Å². The van der Waals surface area contributed by atoms with Crippen molar-refractivity contribution < 1.29 is 18.7 Å². The maximum Gasteiger partial charge on any atom is 0.223 e. The molecule has 5 nitrogen and oxygen atoms in total. The Hall–Kier alpha value is -3.19. The molecule has 1 aromatic heterocycles. The van der Waals surface area contributed by atoms with Crippen LogP contribution in [0.2, 0.25) is 0 Å². The minimum Gasteiger partial charge on any atom is -0.488 e. The standard InChI is InChI=1S/C23H23FN2O3S/c1-16(27)25-19(22-12-7-13-30-22)14-23(28)26-20(17-8-3-2-4-9-17)15-29-21-11-6-5-10-18(21)24/h2-13,19-20H,14-15H2,1H3,(H,25,27)(H,26,28). The van der Waals surface area contributed by atoms with Gasteiger partial charge in [-0.25, -0.2) is 4.39 Å². The first-order chi connectivity index (χ1) is 14.5. The second-order valence-electron chi connectivity index (χ2n) is 6.74. The fraction of sp³-hybridized carbons (Fsp3) is 0.217. The number of rotatable bonds is 9. The van der Waals surface area contributed by atoms with Crippen LogP contribution in [-0.4, -0.2) is 18.4 Å². The number of carbonyl (C=O) groups is 2. The minimum atomic E-state index is -0.473. The molecule has 0 saturated carbocycles. The molecule has 0 aliphatic rings. The molecular formula is C23H23FN2O3S. The Labute approximate surface area is 178 Å². The van der Waals surface area contributed by atoms with Crippen molar-refractivity contribution in [3.63, 3.8) is 0 Å². The molecule has 30 heavy (non-hydrogen) atoms. The Morgan fingerprint density at radius 2 is 1.70 bits per heavy atom. The lowest BCUT2D eigenvalue weighted by Gasteiger charge is -2.22. The highest BCUT2D eigenvalue weighted by Crippen LogP contribution is 2.23. The van der Waals surface area contributed by atoms with Crippen molar-refractivity contribution in [3.8, 4) is 5.75 Å². The van der Waals surface area contributed by atoms with Crippen LogP contribution < -0.4 is 15.4 Å². The molecule has 2 aromatic carbocycles. The first-order valence-corrected chi connectivity index (χ1v) is 10.4. The Morgan fingerprint density at radius 1 is 0.967 bits per heavy atom. The van der Waals surface area contributed by atoms with Crippen LogP contribution >= 0.6 is 11.3 Å². The van der Waals surface area contributed by atoms with Gasteiger partial charge >= 0.3 is 0 Å². The van der Waals surface area contributed by atoms with E-state index in [1.807, 2.05) is 47.8 Å². The van der Waals surface area contributed by atoms with E-state index in [4.69, 9.17) is 4.74 Å². The first-order valence-electron chi connectivity index (χ1n) is 9.55. The van der Waals surface area contributed by atoms with Crippen molar-refractivity contribution >= 4 is 23.2 Å². The molecule has 0 aliphatic carbocycles. The summed E-state index contributed by atoms with van der Waals surface area (Å²) in [5, 5.41) is 7.68. The number of thiophene rings is 1. The van der Waals surface area contributed by atoms with Crippen molar-refractivity contribution in [1.82, 2.24) is 10.6 Å². The number of benzene rings is 2. The van der Waals surface area contributed by atoms with Gasteiger partial charge in [-0.05, 0) is 29.1 Å². The number of carbonyl (C=O) groups excluding carboxylic acids is 2. The number of hydrogen-bond acceptors (Lipinski definition) is 4. The fourth-order valence-electron chi connectivity index (χ4n) is 3.04. The molecule has 2 amide bonds. The molecule has 2 N–H and O–H groups in total.